The molecule has 2 fully saturated rings. The summed E-state index contributed by atoms with van der Waals surface area (Å²) < 4.78 is 10.4. The highest BCUT2D eigenvalue weighted by atomic mass is 32.2. The van der Waals surface area contributed by atoms with E-state index in [1.165, 1.54) is 25.2 Å². The number of anilines is 1. The predicted octanol–water partition coefficient (Wildman–Crippen LogP) is 2.82. The smallest absolute Gasteiger partial charge is 0.326 e. The van der Waals surface area contributed by atoms with Crippen LogP contribution in [0.5, 0.6) is 11.5 Å². The van der Waals surface area contributed by atoms with Crippen molar-refractivity contribution < 1.29 is 29.0 Å². The molecule has 2 N–H and O–H groups in total. The number of phenolic OH excluding ortho intramolecular Hbond substituents is 1. The van der Waals surface area contributed by atoms with Gasteiger partial charge in [0, 0.05) is 6.04 Å². The number of thioether (sulfide) groups is 1. The molecule has 2 aromatic rings. The number of imide groups is 1. The zero-order valence-corrected chi connectivity index (χ0v) is 20.3. The number of esters is 1. The topological polar surface area (TPSA) is 105 Å². The van der Waals surface area contributed by atoms with E-state index in [1.54, 1.807) is 36.0 Å². The lowest BCUT2D eigenvalue weighted by atomic mass is 9.78. The SMILES string of the molecule is COC(=O)[C@]1(CCSC)N[C@H](c2ccc(O)c(OC)c2)[C@H]2C(=O)N(c3ccc(C)cc3)C(=O)[C@H]21. The largest absolute Gasteiger partial charge is 0.504 e. The zero-order chi connectivity index (χ0) is 24.6. The van der Waals surface area contributed by atoms with Gasteiger partial charge in [-0.2, -0.15) is 11.8 Å². The van der Waals surface area contributed by atoms with Crippen molar-refractivity contribution in [2.45, 2.75) is 24.9 Å². The van der Waals surface area contributed by atoms with Crippen LogP contribution in [0.2, 0.25) is 0 Å². The van der Waals surface area contributed by atoms with E-state index >= 15 is 0 Å². The first kappa shape index (κ1) is 24.1. The van der Waals surface area contributed by atoms with Crippen LogP contribution in [0.1, 0.15) is 23.6 Å². The average Bonchev–Trinajstić information content (AvgIpc) is 3.32. The molecule has 2 saturated heterocycles. The van der Waals surface area contributed by atoms with Gasteiger partial charge in [-0.1, -0.05) is 23.8 Å². The van der Waals surface area contributed by atoms with Crippen molar-refractivity contribution in [1.82, 2.24) is 5.32 Å². The molecule has 2 amide bonds. The molecule has 34 heavy (non-hydrogen) atoms. The number of nitrogens with zero attached hydrogens (tertiary/aromatic N) is 1. The third-order valence-electron chi connectivity index (χ3n) is 6.76. The molecule has 0 radical (unpaired) electrons. The maximum atomic E-state index is 13.8. The van der Waals surface area contributed by atoms with Gasteiger partial charge in [-0.25, -0.2) is 4.90 Å². The number of amides is 2. The van der Waals surface area contributed by atoms with Crippen molar-refractivity contribution in [1.29, 1.82) is 0 Å². The fraction of sp³-hybridized carbons (Fsp3) is 0.400. The zero-order valence-electron chi connectivity index (χ0n) is 19.5. The molecular formula is C25H28N2O6S. The standard InChI is InChI=1S/C25H28N2O6S/c1-14-5-8-16(9-6-14)27-22(29)19-20(23(27)30)25(11-12-34-4,24(31)33-3)26-21(19)15-7-10-17(28)18(13-15)32-2/h5-10,13,19-21,26,28H,11-12H2,1-4H3/t19-,20-,21+,25+/m0/s1. The number of carbonyl (C=O) groups excluding carboxylic acids is 3. The summed E-state index contributed by atoms with van der Waals surface area (Å²) in [5.74, 6) is -2.36. The predicted molar refractivity (Wildman–Crippen MR) is 129 cm³/mol. The molecule has 0 spiro atoms. The number of rotatable bonds is 7. The molecule has 2 heterocycles. The lowest BCUT2D eigenvalue weighted by molar-refractivity contribution is -0.152. The number of benzene rings is 2. The molecule has 4 atom stereocenters. The summed E-state index contributed by atoms with van der Waals surface area (Å²) >= 11 is 1.54. The quantitative estimate of drug-likeness (QED) is 0.457. The van der Waals surface area contributed by atoms with Crippen molar-refractivity contribution in [2.24, 2.45) is 11.8 Å². The number of hydrogen-bond acceptors (Lipinski definition) is 8. The number of phenols is 1. The Morgan fingerprint density at radius 1 is 1.15 bits per heavy atom. The Labute approximate surface area is 202 Å². The lowest BCUT2D eigenvalue weighted by Gasteiger charge is -2.32. The molecule has 9 heteroatoms. The fourth-order valence-corrected chi connectivity index (χ4v) is 5.62. The molecule has 4 rings (SSSR count). The molecule has 0 aliphatic carbocycles. The Morgan fingerprint density at radius 3 is 2.47 bits per heavy atom. The minimum absolute atomic E-state index is 0.0440. The van der Waals surface area contributed by atoms with E-state index in [1.807, 2.05) is 25.3 Å². The second kappa shape index (κ2) is 9.31. The van der Waals surface area contributed by atoms with Gasteiger partial charge in [-0.3, -0.25) is 19.7 Å². The molecule has 0 saturated carbocycles. The molecule has 180 valence electrons. The van der Waals surface area contributed by atoms with Gasteiger partial charge in [0.2, 0.25) is 11.8 Å². The number of carbonyl (C=O) groups is 3. The normalized spacial score (nSPS) is 26.0. The summed E-state index contributed by atoms with van der Waals surface area (Å²) in [5.41, 5.74) is 0.736. The monoisotopic (exact) mass is 484 g/mol. The average molecular weight is 485 g/mol. The highest BCUT2D eigenvalue weighted by Crippen LogP contribution is 2.52. The number of nitrogens with one attached hydrogen (secondary N) is 1. The van der Waals surface area contributed by atoms with E-state index < -0.39 is 35.3 Å². The minimum Gasteiger partial charge on any atom is -0.504 e. The van der Waals surface area contributed by atoms with Crippen LogP contribution in [0.4, 0.5) is 5.69 Å². The van der Waals surface area contributed by atoms with E-state index in [2.05, 4.69) is 5.32 Å². The van der Waals surface area contributed by atoms with E-state index in [-0.39, 0.29) is 17.4 Å². The van der Waals surface area contributed by atoms with Crippen LogP contribution < -0.4 is 15.0 Å². The number of methoxy groups -OCH3 is 2. The van der Waals surface area contributed by atoms with Crippen molar-refractivity contribution in [3.05, 3.63) is 53.6 Å². The number of hydrogen-bond donors (Lipinski definition) is 2. The summed E-state index contributed by atoms with van der Waals surface area (Å²) in [5, 5.41) is 13.4. The minimum atomic E-state index is -1.37. The van der Waals surface area contributed by atoms with Crippen LogP contribution in [0.3, 0.4) is 0 Å². The Morgan fingerprint density at radius 2 is 1.85 bits per heavy atom. The van der Waals surface area contributed by atoms with Crippen molar-refractivity contribution in [3.63, 3.8) is 0 Å². The Hall–Kier alpha value is -3.04. The number of aryl methyl sites for hydroxylation is 1. The summed E-state index contributed by atoms with van der Waals surface area (Å²) in [4.78, 5) is 42.0. The van der Waals surface area contributed by atoms with E-state index in [0.29, 0.717) is 23.4 Å². The molecular weight excluding hydrogens is 456 g/mol. The van der Waals surface area contributed by atoms with Gasteiger partial charge in [-0.15, -0.1) is 0 Å². The molecule has 2 aliphatic rings. The molecule has 8 nitrogen and oxygen atoms in total. The third-order valence-corrected chi connectivity index (χ3v) is 7.37. The van der Waals surface area contributed by atoms with Crippen LogP contribution in [-0.2, 0) is 19.1 Å². The van der Waals surface area contributed by atoms with Gasteiger partial charge in [-0.05, 0) is 55.2 Å². The van der Waals surface area contributed by atoms with E-state index in [4.69, 9.17) is 9.47 Å². The van der Waals surface area contributed by atoms with Gasteiger partial charge in [0.05, 0.1) is 31.7 Å². The highest BCUT2D eigenvalue weighted by Gasteiger charge is 2.68. The number of fused-ring (bicyclic) bond motifs is 1. The van der Waals surface area contributed by atoms with Crippen molar-refractivity contribution in [3.8, 4) is 11.5 Å². The Bertz CT molecular complexity index is 1120. The second-order valence-electron chi connectivity index (χ2n) is 8.61. The van der Waals surface area contributed by atoms with Crippen molar-refractivity contribution in [2.75, 3.05) is 31.1 Å². The van der Waals surface area contributed by atoms with E-state index in [0.717, 1.165) is 5.56 Å². The van der Waals surface area contributed by atoms with Crippen LogP contribution in [0, 0.1) is 18.8 Å². The van der Waals surface area contributed by atoms with Gasteiger partial charge in [0.1, 0.15) is 5.54 Å². The van der Waals surface area contributed by atoms with Crippen LogP contribution in [-0.4, -0.2) is 54.7 Å². The van der Waals surface area contributed by atoms with Gasteiger partial charge >= 0.3 is 5.97 Å². The molecule has 2 aliphatic heterocycles. The maximum Gasteiger partial charge on any atom is 0.326 e. The van der Waals surface area contributed by atoms with Crippen LogP contribution in [0.25, 0.3) is 0 Å². The third kappa shape index (κ3) is 3.73. The summed E-state index contributed by atoms with van der Waals surface area (Å²) in [6, 6.07) is 11.3. The summed E-state index contributed by atoms with van der Waals surface area (Å²) in [7, 11) is 2.72. The fourth-order valence-electron chi connectivity index (χ4n) is 5.09. The van der Waals surface area contributed by atoms with E-state index in [9.17, 15) is 19.5 Å². The Kier molecular flexibility index (Phi) is 6.60. The molecule has 2 aromatic carbocycles. The van der Waals surface area contributed by atoms with Crippen molar-refractivity contribution >= 4 is 35.2 Å². The lowest BCUT2D eigenvalue weighted by Crippen LogP contribution is -2.56. The van der Waals surface area contributed by atoms with Gasteiger partial charge < -0.3 is 14.6 Å². The first-order valence-corrected chi connectivity index (χ1v) is 12.3. The molecule has 0 bridgehead atoms. The summed E-state index contributed by atoms with van der Waals surface area (Å²) in [6.45, 7) is 1.93. The molecule has 0 aromatic heterocycles. The summed E-state index contributed by atoms with van der Waals surface area (Å²) in [6.07, 6.45) is 2.23. The maximum absolute atomic E-state index is 13.8. The van der Waals surface area contributed by atoms with Crippen LogP contribution in [0.15, 0.2) is 42.5 Å². The van der Waals surface area contributed by atoms with Crippen LogP contribution >= 0.6 is 11.8 Å². The molecule has 0 unspecified atom stereocenters. The Balaban J connectivity index is 1.87. The van der Waals surface area contributed by atoms with Gasteiger partial charge in [0.15, 0.2) is 11.5 Å². The highest BCUT2D eigenvalue weighted by molar-refractivity contribution is 7.98. The first-order chi connectivity index (χ1) is 16.3. The number of ether oxygens (including phenoxy) is 2. The first-order valence-electron chi connectivity index (χ1n) is 11.0. The number of aromatic hydroxyl groups is 1. The second-order valence-corrected chi connectivity index (χ2v) is 9.60. The van der Waals surface area contributed by atoms with Gasteiger partial charge in [0.25, 0.3) is 0 Å².